The number of nitrogens with zero attached hydrogens (tertiary/aromatic N) is 1. The van der Waals surface area contributed by atoms with E-state index in [0.717, 1.165) is 18.5 Å². The minimum atomic E-state index is -0.204. The van der Waals surface area contributed by atoms with Gasteiger partial charge in [-0.25, -0.2) is 0 Å². The van der Waals surface area contributed by atoms with E-state index in [9.17, 15) is 9.59 Å². The summed E-state index contributed by atoms with van der Waals surface area (Å²) >= 11 is 0. The first-order valence-corrected chi connectivity index (χ1v) is 7.22. The lowest BCUT2D eigenvalue weighted by Crippen LogP contribution is -2.34. The molecule has 0 unspecified atom stereocenters. The summed E-state index contributed by atoms with van der Waals surface area (Å²) in [4.78, 5) is 25.9. The molecule has 2 amide bonds. The van der Waals surface area contributed by atoms with Gasteiger partial charge in [-0.05, 0) is 49.9 Å². The van der Waals surface area contributed by atoms with Crippen LogP contribution >= 0.6 is 0 Å². The maximum absolute atomic E-state index is 12.1. The van der Waals surface area contributed by atoms with Crippen LogP contribution in [0.1, 0.15) is 30.4 Å². The molecule has 1 heterocycles. The summed E-state index contributed by atoms with van der Waals surface area (Å²) in [7, 11) is 0. The van der Waals surface area contributed by atoms with Crippen molar-refractivity contribution in [2.45, 2.75) is 39.2 Å². The highest BCUT2D eigenvalue weighted by Crippen LogP contribution is 2.28. The molecule has 3 rings (SSSR count). The fraction of sp³-hybridized carbons (Fsp3) is 0.500. The van der Waals surface area contributed by atoms with Gasteiger partial charge in [0, 0.05) is 24.7 Å². The zero-order valence-electron chi connectivity index (χ0n) is 12.0. The molecule has 1 aliphatic heterocycles. The Morgan fingerprint density at radius 3 is 2.65 bits per heavy atom. The minimum Gasteiger partial charge on any atom is -0.353 e. The Morgan fingerprint density at radius 1 is 1.25 bits per heavy atom. The quantitative estimate of drug-likeness (QED) is 0.914. The molecule has 0 bridgehead atoms. The zero-order chi connectivity index (χ0) is 14.3. The first kappa shape index (κ1) is 13.2. The average molecular weight is 272 g/mol. The summed E-state index contributed by atoms with van der Waals surface area (Å²) in [5, 5.41) is 2.99. The van der Waals surface area contributed by atoms with Gasteiger partial charge < -0.3 is 10.2 Å². The molecular formula is C16H20N2O2. The van der Waals surface area contributed by atoms with Crippen molar-refractivity contribution < 1.29 is 9.59 Å². The van der Waals surface area contributed by atoms with Crippen molar-refractivity contribution in [3.05, 3.63) is 29.3 Å². The fourth-order valence-electron chi connectivity index (χ4n) is 2.57. The van der Waals surface area contributed by atoms with Gasteiger partial charge in [0.15, 0.2) is 0 Å². The van der Waals surface area contributed by atoms with Crippen LogP contribution in [0.3, 0.4) is 0 Å². The van der Waals surface area contributed by atoms with Crippen molar-refractivity contribution in [1.82, 2.24) is 5.32 Å². The van der Waals surface area contributed by atoms with Crippen LogP contribution in [0, 0.1) is 19.8 Å². The molecule has 4 nitrogen and oxygen atoms in total. The molecule has 106 valence electrons. The average Bonchev–Trinajstić information content (AvgIpc) is 3.13. The summed E-state index contributed by atoms with van der Waals surface area (Å²) in [6, 6.07) is 6.36. The van der Waals surface area contributed by atoms with E-state index in [1.54, 1.807) is 4.90 Å². The molecule has 1 saturated heterocycles. The molecule has 1 aliphatic carbocycles. The highest BCUT2D eigenvalue weighted by atomic mass is 16.2. The zero-order valence-corrected chi connectivity index (χ0v) is 12.0. The molecule has 2 aliphatic rings. The van der Waals surface area contributed by atoms with Crippen LogP contribution in [-0.4, -0.2) is 24.4 Å². The van der Waals surface area contributed by atoms with Crippen LogP contribution in [0.4, 0.5) is 5.69 Å². The highest BCUT2D eigenvalue weighted by molar-refractivity contribution is 6.00. The van der Waals surface area contributed by atoms with Gasteiger partial charge in [0.25, 0.3) is 0 Å². The maximum Gasteiger partial charge on any atom is 0.227 e. The topological polar surface area (TPSA) is 49.4 Å². The Labute approximate surface area is 119 Å². The van der Waals surface area contributed by atoms with E-state index >= 15 is 0 Å². The number of anilines is 1. The van der Waals surface area contributed by atoms with Crippen LogP contribution in [-0.2, 0) is 9.59 Å². The third kappa shape index (κ3) is 2.55. The highest BCUT2D eigenvalue weighted by Gasteiger charge is 2.37. The third-order valence-electron chi connectivity index (χ3n) is 4.22. The second-order valence-corrected chi connectivity index (χ2v) is 5.96. The summed E-state index contributed by atoms with van der Waals surface area (Å²) in [5.74, 6) is -0.124. The first-order valence-electron chi connectivity index (χ1n) is 7.22. The normalized spacial score (nSPS) is 22.2. The van der Waals surface area contributed by atoms with E-state index in [1.807, 2.05) is 25.1 Å². The monoisotopic (exact) mass is 272 g/mol. The Hall–Kier alpha value is -1.84. The minimum absolute atomic E-state index is 0.0344. The Balaban J connectivity index is 1.72. The van der Waals surface area contributed by atoms with E-state index < -0.39 is 0 Å². The number of nitrogens with one attached hydrogen (secondary N) is 1. The van der Waals surface area contributed by atoms with Crippen molar-refractivity contribution >= 4 is 17.5 Å². The molecule has 1 N–H and O–H groups in total. The van der Waals surface area contributed by atoms with Crippen molar-refractivity contribution in [1.29, 1.82) is 0 Å². The number of hydrogen-bond donors (Lipinski definition) is 1. The van der Waals surface area contributed by atoms with Gasteiger partial charge in [0.2, 0.25) is 11.8 Å². The number of benzene rings is 1. The largest absolute Gasteiger partial charge is 0.353 e. The summed E-state index contributed by atoms with van der Waals surface area (Å²) in [5.41, 5.74) is 3.28. The van der Waals surface area contributed by atoms with Gasteiger partial charge in [-0.15, -0.1) is 0 Å². The number of hydrogen-bond acceptors (Lipinski definition) is 2. The summed E-state index contributed by atoms with van der Waals surface area (Å²) in [6.07, 6.45) is 2.48. The van der Waals surface area contributed by atoms with Crippen LogP contribution in [0.2, 0.25) is 0 Å². The molecular weight excluding hydrogens is 252 g/mol. The number of carbonyl (C=O) groups is 2. The van der Waals surface area contributed by atoms with Gasteiger partial charge in [-0.1, -0.05) is 6.07 Å². The van der Waals surface area contributed by atoms with Crippen LogP contribution in [0.15, 0.2) is 18.2 Å². The lowest BCUT2D eigenvalue weighted by atomic mass is 10.1. The van der Waals surface area contributed by atoms with Crippen LogP contribution in [0.5, 0.6) is 0 Å². The summed E-state index contributed by atoms with van der Waals surface area (Å²) < 4.78 is 0. The van der Waals surface area contributed by atoms with E-state index in [-0.39, 0.29) is 17.7 Å². The van der Waals surface area contributed by atoms with Crippen molar-refractivity contribution in [3.63, 3.8) is 0 Å². The van der Waals surface area contributed by atoms with Gasteiger partial charge in [0.1, 0.15) is 0 Å². The molecule has 1 aromatic rings. The Bertz CT molecular complexity index is 564. The number of aryl methyl sites for hydroxylation is 2. The Kier molecular flexibility index (Phi) is 3.24. The molecule has 1 atom stereocenters. The SMILES string of the molecule is Cc1ccc(N2C[C@@H](C(=O)NC3CC3)CC2=O)cc1C. The number of amides is 2. The molecule has 2 fully saturated rings. The standard InChI is InChI=1S/C16H20N2O2/c1-10-3-6-14(7-11(10)2)18-9-12(8-15(18)19)16(20)17-13-4-5-13/h3,6-7,12-13H,4-5,8-9H2,1-2H3,(H,17,20)/t12-/m0/s1. The van der Waals surface area contributed by atoms with E-state index in [4.69, 9.17) is 0 Å². The smallest absolute Gasteiger partial charge is 0.227 e. The van der Waals surface area contributed by atoms with Crippen LogP contribution in [0.25, 0.3) is 0 Å². The third-order valence-corrected chi connectivity index (χ3v) is 4.22. The molecule has 20 heavy (non-hydrogen) atoms. The summed E-state index contributed by atoms with van der Waals surface area (Å²) in [6.45, 7) is 4.59. The molecule has 0 spiro atoms. The van der Waals surface area contributed by atoms with Gasteiger partial charge in [-0.3, -0.25) is 9.59 Å². The molecule has 0 radical (unpaired) electrons. The molecule has 4 heteroatoms. The van der Waals surface area contributed by atoms with E-state index in [1.165, 1.54) is 11.1 Å². The predicted octanol–water partition coefficient (Wildman–Crippen LogP) is 1.93. The van der Waals surface area contributed by atoms with Gasteiger partial charge in [0.05, 0.1) is 5.92 Å². The van der Waals surface area contributed by atoms with Crippen molar-refractivity contribution in [3.8, 4) is 0 Å². The predicted molar refractivity (Wildman–Crippen MR) is 77.5 cm³/mol. The Morgan fingerprint density at radius 2 is 2.00 bits per heavy atom. The lowest BCUT2D eigenvalue weighted by molar-refractivity contribution is -0.126. The number of rotatable bonds is 3. The second kappa shape index (κ2) is 4.93. The van der Waals surface area contributed by atoms with Gasteiger partial charge in [-0.2, -0.15) is 0 Å². The maximum atomic E-state index is 12.1. The van der Waals surface area contributed by atoms with Crippen molar-refractivity contribution in [2.75, 3.05) is 11.4 Å². The molecule has 1 aromatic carbocycles. The van der Waals surface area contributed by atoms with Crippen molar-refractivity contribution in [2.24, 2.45) is 5.92 Å². The van der Waals surface area contributed by atoms with Gasteiger partial charge >= 0.3 is 0 Å². The lowest BCUT2D eigenvalue weighted by Gasteiger charge is -2.18. The molecule has 1 saturated carbocycles. The number of carbonyl (C=O) groups excluding carboxylic acids is 2. The van der Waals surface area contributed by atoms with Crippen LogP contribution < -0.4 is 10.2 Å². The van der Waals surface area contributed by atoms with E-state index in [2.05, 4.69) is 12.2 Å². The second-order valence-electron chi connectivity index (χ2n) is 5.96. The van der Waals surface area contributed by atoms with E-state index in [0.29, 0.717) is 19.0 Å². The first-order chi connectivity index (χ1) is 9.54. The fourth-order valence-corrected chi connectivity index (χ4v) is 2.57. The molecule has 0 aromatic heterocycles.